The molecule has 0 saturated heterocycles. The van der Waals surface area contributed by atoms with E-state index in [1.807, 2.05) is 32.0 Å². The summed E-state index contributed by atoms with van der Waals surface area (Å²) in [6, 6.07) is 14.3. The van der Waals surface area contributed by atoms with Crippen LogP contribution in [0.25, 0.3) is 5.57 Å². The van der Waals surface area contributed by atoms with Gasteiger partial charge in [0.1, 0.15) is 11.5 Å². The summed E-state index contributed by atoms with van der Waals surface area (Å²) >= 11 is 1.40. The highest BCUT2D eigenvalue weighted by Crippen LogP contribution is 2.42. The van der Waals surface area contributed by atoms with Gasteiger partial charge in [-0.3, -0.25) is 9.59 Å². The highest BCUT2D eigenvalue weighted by atomic mass is 32.2. The summed E-state index contributed by atoms with van der Waals surface area (Å²) in [5.41, 5.74) is 1.53. The van der Waals surface area contributed by atoms with E-state index in [-0.39, 0.29) is 17.1 Å². The molecule has 0 unspecified atom stereocenters. The molecule has 1 heterocycles. The van der Waals surface area contributed by atoms with Crippen LogP contribution < -0.4 is 14.4 Å². The lowest BCUT2D eigenvalue weighted by Crippen LogP contribution is -2.31. The molecule has 2 amide bonds. The first-order valence-electron chi connectivity index (χ1n) is 9.99. The van der Waals surface area contributed by atoms with E-state index in [1.165, 1.54) is 16.7 Å². The van der Waals surface area contributed by atoms with Crippen molar-refractivity contribution in [3.63, 3.8) is 0 Å². The third-order valence-corrected chi connectivity index (χ3v) is 5.54. The molecule has 0 bridgehead atoms. The Hall–Kier alpha value is -2.73. The number of imide groups is 1. The van der Waals surface area contributed by atoms with Crippen LogP contribution in [0.1, 0.15) is 33.3 Å². The van der Waals surface area contributed by atoms with E-state index in [0.29, 0.717) is 45.8 Å². The standard InChI is InChI=1S/C24H27NO4S/c1-15(2)14-29-18-12-10-17(11-13-18)25-23(26)21(22(24(25)27)30-16(3)4)19-8-6-7-9-20(19)28-5/h6-13,15-16H,14H2,1-5H3. The fourth-order valence-corrected chi connectivity index (χ4v) is 4.11. The molecule has 0 spiro atoms. The predicted octanol–water partition coefficient (Wildman–Crippen LogP) is 5.16. The van der Waals surface area contributed by atoms with Crippen molar-refractivity contribution in [3.05, 3.63) is 59.0 Å². The van der Waals surface area contributed by atoms with Gasteiger partial charge in [-0.15, -0.1) is 11.8 Å². The third-order valence-electron chi connectivity index (χ3n) is 4.45. The number of carbonyl (C=O) groups excluding carboxylic acids is 2. The van der Waals surface area contributed by atoms with Gasteiger partial charge in [0.05, 0.1) is 29.9 Å². The number of benzene rings is 2. The van der Waals surface area contributed by atoms with Crippen molar-refractivity contribution < 1.29 is 19.1 Å². The maximum absolute atomic E-state index is 13.4. The lowest BCUT2D eigenvalue weighted by molar-refractivity contribution is -0.119. The molecule has 1 aliphatic rings. The second-order valence-corrected chi connectivity index (χ2v) is 9.30. The van der Waals surface area contributed by atoms with Crippen LogP contribution in [0.4, 0.5) is 5.69 Å². The van der Waals surface area contributed by atoms with E-state index in [9.17, 15) is 9.59 Å². The molecule has 158 valence electrons. The number of anilines is 1. The maximum atomic E-state index is 13.4. The molecule has 0 saturated carbocycles. The maximum Gasteiger partial charge on any atom is 0.272 e. The summed E-state index contributed by atoms with van der Waals surface area (Å²) in [5, 5.41) is 0.146. The van der Waals surface area contributed by atoms with Gasteiger partial charge in [0, 0.05) is 10.8 Å². The minimum atomic E-state index is -0.344. The minimum Gasteiger partial charge on any atom is -0.496 e. The van der Waals surface area contributed by atoms with Gasteiger partial charge in [-0.2, -0.15) is 0 Å². The van der Waals surface area contributed by atoms with Gasteiger partial charge in [-0.05, 0) is 36.2 Å². The van der Waals surface area contributed by atoms with Crippen molar-refractivity contribution in [2.45, 2.75) is 32.9 Å². The monoisotopic (exact) mass is 425 g/mol. The Morgan fingerprint density at radius 2 is 1.60 bits per heavy atom. The molecule has 3 rings (SSSR count). The number of methoxy groups -OCH3 is 1. The van der Waals surface area contributed by atoms with Crippen molar-refractivity contribution >= 4 is 34.8 Å². The summed E-state index contributed by atoms with van der Waals surface area (Å²) in [5.74, 6) is 1.03. The lowest BCUT2D eigenvalue weighted by atomic mass is 10.0. The van der Waals surface area contributed by atoms with Gasteiger partial charge in [-0.1, -0.05) is 45.9 Å². The van der Waals surface area contributed by atoms with Gasteiger partial charge >= 0.3 is 0 Å². The molecule has 5 nitrogen and oxygen atoms in total. The van der Waals surface area contributed by atoms with E-state index >= 15 is 0 Å². The van der Waals surface area contributed by atoms with Crippen molar-refractivity contribution in [2.24, 2.45) is 5.92 Å². The topological polar surface area (TPSA) is 55.8 Å². The first kappa shape index (κ1) is 22.0. The Bertz CT molecular complexity index is 963. The normalized spacial score (nSPS) is 14.3. The molecule has 6 heteroatoms. The smallest absolute Gasteiger partial charge is 0.272 e. The fourth-order valence-electron chi connectivity index (χ4n) is 3.13. The van der Waals surface area contributed by atoms with Crippen LogP contribution >= 0.6 is 11.8 Å². The molecular formula is C24H27NO4S. The highest BCUT2D eigenvalue weighted by molar-refractivity contribution is 8.04. The molecule has 2 aromatic rings. The molecule has 30 heavy (non-hydrogen) atoms. The number of nitrogens with zero attached hydrogens (tertiary/aromatic N) is 1. The Morgan fingerprint density at radius 3 is 2.20 bits per heavy atom. The molecule has 1 aliphatic heterocycles. The molecular weight excluding hydrogens is 398 g/mol. The van der Waals surface area contributed by atoms with Crippen LogP contribution in [-0.4, -0.2) is 30.8 Å². The van der Waals surface area contributed by atoms with Gasteiger partial charge in [0.15, 0.2) is 0 Å². The quantitative estimate of drug-likeness (QED) is 0.547. The van der Waals surface area contributed by atoms with E-state index in [2.05, 4.69) is 13.8 Å². The third kappa shape index (κ3) is 4.54. The first-order valence-corrected chi connectivity index (χ1v) is 10.9. The summed E-state index contributed by atoms with van der Waals surface area (Å²) < 4.78 is 11.2. The van der Waals surface area contributed by atoms with Crippen molar-refractivity contribution in [2.75, 3.05) is 18.6 Å². The zero-order valence-corrected chi connectivity index (χ0v) is 18.8. The number of para-hydroxylation sites is 1. The van der Waals surface area contributed by atoms with E-state index in [0.717, 1.165) is 0 Å². The van der Waals surface area contributed by atoms with E-state index in [4.69, 9.17) is 9.47 Å². The molecule has 0 atom stereocenters. The predicted molar refractivity (Wildman–Crippen MR) is 122 cm³/mol. The van der Waals surface area contributed by atoms with E-state index in [1.54, 1.807) is 37.4 Å². The summed E-state index contributed by atoms with van der Waals surface area (Å²) in [6.07, 6.45) is 0. The summed E-state index contributed by atoms with van der Waals surface area (Å²) in [4.78, 5) is 28.4. The van der Waals surface area contributed by atoms with Crippen LogP contribution in [0.2, 0.25) is 0 Å². The van der Waals surface area contributed by atoms with Crippen LogP contribution in [-0.2, 0) is 9.59 Å². The number of carbonyl (C=O) groups is 2. The van der Waals surface area contributed by atoms with Crippen molar-refractivity contribution in [1.82, 2.24) is 0 Å². The Morgan fingerprint density at radius 1 is 0.933 bits per heavy atom. The first-order chi connectivity index (χ1) is 14.3. The van der Waals surface area contributed by atoms with Gasteiger partial charge in [0.25, 0.3) is 11.8 Å². The molecule has 2 aromatic carbocycles. The Kier molecular flexibility index (Phi) is 6.87. The molecule has 0 N–H and O–H groups in total. The van der Waals surface area contributed by atoms with Crippen molar-refractivity contribution in [1.29, 1.82) is 0 Å². The largest absolute Gasteiger partial charge is 0.496 e. The van der Waals surface area contributed by atoms with Crippen LogP contribution in [0.3, 0.4) is 0 Å². The van der Waals surface area contributed by atoms with Gasteiger partial charge in [0.2, 0.25) is 0 Å². The molecule has 0 aliphatic carbocycles. The van der Waals surface area contributed by atoms with Crippen LogP contribution in [0, 0.1) is 5.92 Å². The SMILES string of the molecule is COc1ccccc1C1=C(SC(C)C)C(=O)N(c2ccc(OCC(C)C)cc2)C1=O. The minimum absolute atomic E-state index is 0.146. The van der Waals surface area contributed by atoms with Crippen LogP contribution in [0.5, 0.6) is 11.5 Å². The van der Waals surface area contributed by atoms with Crippen LogP contribution in [0.15, 0.2) is 53.4 Å². The fraction of sp³-hybridized carbons (Fsp3) is 0.333. The Balaban J connectivity index is 1.98. The lowest BCUT2D eigenvalue weighted by Gasteiger charge is -2.16. The van der Waals surface area contributed by atoms with E-state index < -0.39 is 0 Å². The number of thioether (sulfide) groups is 1. The second-order valence-electron chi connectivity index (χ2n) is 7.72. The number of amides is 2. The van der Waals surface area contributed by atoms with Crippen molar-refractivity contribution in [3.8, 4) is 11.5 Å². The number of ether oxygens (including phenoxy) is 2. The summed E-state index contributed by atoms with van der Waals surface area (Å²) in [6.45, 7) is 8.76. The number of hydrogen-bond donors (Lipinski definition) is 0. The van der Waals surface area contributed by atoms with Gasteiger partial charge < -0.3 is 9.47 Å². The summed E-state index contributed by atoms with van der Waals surface area (Å²) in [7, 11) is 1.56. The zero-order chi connectivity index (χ0) is 21.8. The molecule has 0 radical (unpaired) electrons. The molecule has 0 aromatic heterocycles. The Labute approximate surface area is 182 Å². The number of hydrogen-bond acceptors (Lipinski definition) is 5. The zero-order valence-electron chi connectivity index (χ0n) is 18.0. The van der Waals surface area contributed by atoms with Gasteiger partial charge in [-0.25, -0.2) is 4.90 Å². The second kappa shape index (κ2) is 9.39. The highest BCUT2D eigenvalue weighted by Gasteiger charge is 2.41. The molecule has 0 fully saturated rings. The number of rotatable bonds is 8. The average molecular weight is 426 g/mol. The average Bonchev–Trinajstić information content (AvgIpc) is 2.96.